The van der Waals surface area contributed by atoms with Crippen molar-refractivity contribution in [3.63, 3.8) is 0 Å². The number of carbonyl (C=O) groups excluding carboxylic acids is 1. The summed E-state index contributed by atoms with van der Waals surface area (Å²) >= 11 is 3.42. The second kappa shape index (κ2) is 5.52. The van der Waals surface area contributed by atoms with E-state index in [4.69, 9.17) is 0 Å². The molecule has 0 bridgehead atoms. The summed E-state index contributed by atoms with van der Waals surface area (Å²) in [6.07, 6.45) is 3.44. The number of hydrogen-bond acceptors (Lipinski definition) is 2. The molecule has 2 aromatic heterocycles. The Kier molecular flexibility index (Phi) is 4.01. The first-order chi connectivity index (χ1) is 8.63. The van der Waals surface area contributed by atoms with E-state index in [-0.39, 0.29) is 11.9 Å². The maximum absolute atomic E-state index is 12.2. The smallest absolute Gasteiger partial charge is 0.255 e. The van der Waals surface area contributed by atoms with Crippen LogP contribution in [-0.2, 0) is 0 Å². The van der Waals surface area contributed by atoms with Crippen molar-refractivity contribution in [3.8, 4) is 0 Å². The molecule has 0 saturated carbocycles. The summed E-state index contributed by atoms with van der Waals surface area (Å²) in [7, 11) is 0. The molecule has 0 aliphatic heterocycles. The zero-order valence-corrected chi connectivity index (χ0v) is 12.0. The molecular weight excluding hydrogens is 294 g/mol. The van der Waals surface area contributed by atoms with Crippen LogP contribution in [0.2, 0.25) is 0 Å². The lowest BCUT2D eigenvalue weighted by atomic mass is 10.1. The molecule has 1 N–H and O–H groups in total. The summed E-state index contributed by atoms with van der Waals surface area (Å²) in [5.41, 5.74) is 1.44. The van der Waals surface area contributed by atoms with Crippen LogP contribution in [0.4, 0.5) is 0 Å². The maximum Gasteiger partial charge on any atom is 0.255 e. The minimum Gasteiger partial charge on any atom is -0.348 e. The Bertz CT molecular complexity index is 550. The molecular formula is C13H16BrN3O. The highest BCUT2D eigenvalue weighted by Gasteiger charge is 2.18. The Balaban J connectivity index is 2.23. The quantitative estimate of drug-likeness (QED) is 0.882. The van der Waals surface area contributed by atoms with Crippen LogP contribution in [0.1, 0.15) is 24.2 Å². The highest BCUT2D eigenvalue weighted by atomic mass is 79.9. The molecule has 2 heterocycles. The molecule has 0 aromatic carbocycles. The van der Waals surface area contributed by atoms with Gasteiger partial charge in [-0.05, 0) is 18.1 Å². The number of carbonyl (C=O) groups is 1. The number of fused-ring (bicyclic) bond motifs is 1. The predicted octanol–water partition coefficient (Wildman–Crippen LogP) is 2.48. The van der Waals surface area contributed by atoms with Crippen molar-refractivity contribution < 1.29 is 4.79 Å². The Hall–Kier alpha value is -1.36. The summed E-state index contributed by atoms with van der Waals surface area (Å²) in [5.74, 6) is 0.310. The second-order valence-corrected chi connectivity index (χ2v) is 5.21. The zero-order valence-electron chi connectivity index (χ0n) is 10.4. The van der Waals surface area contributed by atoms with Gasteiger partial charge in [-0.25, -0.2) is 4.52 Å². The second-order valence-electron chi connectivity index (χ2n) is 4.57. The van der Waals surface area contributed by atoms with Crippen LogP contribution in [0, 0.1) is 5.92 Å². The van der Waals surface area contributed by atoms with Crippen LogP contribution < -0.4 is 5.32 Å². The van der Waals surface area contributed by atoms with Gasteiger partial charge in [-0.15, -0.1) is 0 Å². The van der Waals surface area contributed by atoms with Gasteiger partial charge >= 0.3 is 0 Å². The van der Waals surface area contributed by atoms with E-state index in [0.717, 1.165) is 10.8 Å². The number of rotatable bonds is 4. The molecule has 0 radical (unpaired) electrons. The highest BCUT2D eigenvalue weighted by molar-refractivity contribution is 9.09. The van der Waals surface area contributed by atoms with Crippen LogP contribution in [0.5, 0.6) is 0 Å². The Labute approximate surface area is 115 Å². The monoisotopic (exact) mass is 309 g/mol. The number of alkyl halides is 1. The molecule has 0 aliphatic rings. The fourth-order valence-corrected chi connectivity index (χ4v) is 2.65. The first-order valence-corrected chi connectivity index (χ1v) is 7.05. The summed E-state index contributed by atoms with van der Waals surface area (Å²) in [5, 5.41) is 7.93. The average molecular weight is 310 g/mol. The van der Waals surface area contributed by atoms with Gasteiger partial charge in [-0.3, -0.25) is 4.79 Å². The van der Waals surface area contributed by atoms with Crippen molar-refractivity contribution in [2.24, 2.45) is 5.92 Å². The van der Waals surface area contributed by atoms with Crippen molar-refractivity contribution >= 4 is 27.4 Å². The van der Waals surface area contributed by atoms with Gasteiger partial charge in [0.15, 0.2) is 0 Å². The molecule has 2 aromatic rings. The van der Waals surface area contributed by atoms with Crippen LogP contribution in [0.25, 0.3) is 5.52 Å². The summed E-state index contributed by atoms with van der Waals surface area (Å²) < 4.78 is 1.70. The first kappa shape index (κ1) is 13.1. The highest BCUT2D eigenvalue weighted by Crippen LogP contribution is 2.12. The molecule has 1 amide bonds. The van der Waals surface area contributed by atoms with E-state index in [2.05, 4.69) is 40.2 Å². The zero-order chi connectivity index (χ0) is 13.1. The molecule has 96 valence electrons. The molecule has 2 rings (SSSR count). The molecule has 5 heteroatoms. The van der Waals surface area contributed by atoms with E-state index in [0.29, 0.717) is 11.5 Å². The average Bonchev–Trinajstić information content (AvgIpc) is 2.79. The van der Waals surface area contributed by atoms with Crippen molar-refractivity contribution in [1.29, 1.82) is 0 Å². The third kappa shape index (κ3) is 2.56. The lowest BCUT2D eigenvalue weighted by Gasteiger charge is -2.19. The third-order valence-electron chi connectivity index (χ3n) is 2.96. The molecule has 4 nitrogen and oxygen atoms in total. The van der Waals surface area contributed by atoms with Crippen molar-refractivity contribution in [1.82, 2.24) is 14.9 Å². The number of pyridine rings is 1. The van der Waals surface area contributed by atoms with E-state index in [1.165, 1.54) is 0 Å². The van der Waals surface area contributed by atoms with Gasteiger partial charge in [0.2, 0.25) is 0 Å². The number of amides is 1. The Morgan fingerprint density at radius 2 is 2.28 bits per heavy atom. The van der Waals surface area contributed by atoms with E-state index in [9.17, 15) is 4.79 Å². The van der Waals surface area contributed by atoms with Gasteiger partial charge in [-0.1, -0.05) is 35.8 Å². The lowest BCUT2D eigenvalue weighted by Crippen LogP contribution is -2.39. The largest absolute Gasteiger partial charge is 0.348 e. The van der Waals surface area contributed by atoms with E-state index < -0.39 is 0 Å². The van der Waals surface area contributed by atoms with Crippen LogP contribution >= 0.6 is 15.9 Å². The number of nitrogens with one attached hydrogen (secondary N) is 1. The normalized spacial score (nSPS) is 12.9. The maximum atomic E-state index is 12.2. The summed E-state index contributed by atoms with van der Waals surface area (Å²) in [4.78, 5) is 12.2. The number of nitrogens with zero attached hydrogens (tertiary/aromatic N) is 2. The fourth-order valence-electron chi connectivity index (χ4n) is 1.74. The number of aromatic nitrogens is 2. The summed E-state index contributed by atoms with van der Waals surface area (Å²) in [6, 6.07) is 5.80. The standard InChI is InChI=1S/C13H16BrN3O/c1-9(2)11(7-14)16-13(18)10-8-15-17-6-4-3-5-12(10)17/h3-6,8-9,11H,7H2,1-2H3,(H,16,18). The third-order valence-corrected chi connectivity index (χ3v) is 3.66. The topological polar surface area (TPSA) is 46.4 Å². The lowest BCUT2D eigenvalue weighted by molar-refractivity contribution is 0.0933. The molecule has 0 fully saturated rings. The fraction of sp³-hybridized carbons (Fsp3) is 0.385. The predicted molar refractivity (Wildman–Crippen MR) is 75.1 cm³/mol. The molecule has 0 spiro atoms. The Morgan fingerprint density at radius 1 is 1.50 bits per heavy atom. The van der Waals surface area contributed by atoms with Gasteiger partial charge < -0.3 is 5.32 Å². The summed E-state index contributed by atoms with van der Waals surface area (Å²) in [6.45, 7) is 4.17. The van der Waals surface area contributed by atoms with E-state index in [1.54, 1.807) is 10.7 Å². The van der Waals surface area contributed by atoms with E-state index >= 15 is 0 Å². The van der Waals surface area contributed by atoms with Gasteiger partial charge in [0.1, 0.15) is 0 Å². The minimum absolute atomic E-state index is 0.0747. The van der Waals surface area contributed by atoms with Crippen molar-refractivity contribution in [2.45, 2.75) is 19.9 Å². The van der Waals surface area contributed by atoms with E-state index in [1.807, 2.05) is 24.4 Å². The molecule has 0 aliphatic carbocycles. The first-order valence-electron chi connectivity index (χ1n) is 5.92. The number of halogens is 1. The molecule has 1 unspecified atom stereocenters. The van der Waals surface area contributed by atoms with Crippen molar-refractivity contribution in [2.75, 3.05) is 5.33 Å². The molecule has 0 saturated heterocycles. The SMILES string of the molecule is CC(C)C(CBr)NC(=O)c1cnn2ccccc12. The van der Waals surface area contributed by atoms with Gasteiger partial charge in [-0.2, -0.15) is 5.10 Å². The van der Waals surface area contributed by atoms with Crippen LogP contribution in [-0.4, -0.2) is 26.9 Å². The van der Waals surface area contributed by atoms with Gasteiger partial charge in [0, 0.05) is 17.6 Å². The van der Waals surface area contributed by atoms with Crippen LogP contribution in [0.15, 0.2) is 30.6 Å². The van der Waals surface area contributed by atoms with Gasteiger partial charge in [0.25, 0.3) is 5.91 Å². The van der Waals surface area contributed by atoms with Crippen LogP contribution in [0.3, 0.4) is 0 Å². The molecule has 18 heavy (non-hydrogen) atoms. The number of hydrogen-bond donors (Lipinski definition) is 1. The van der Waals surface area contributed by atoms with Crippen molar-refractivity contribution in [3.05, 3.63) is 36.2 Å². The minimum atomic E-state index is -0.0747. The Morgan fingerprint density at radius 3 is 2.94 bits per heavy atom. The van der Waals surface area contributed by atoms with Gasteiger partial charge in [0.05, 0.1) is 17.3 Å². The molecule has 1 atom stereocenters.